The summed E-state index contributed by atoms with van der Waals surface area (Å²) in [7, 11) is 5.69. The van der Waals surface area contributed by atoms with Gasteiger partial charge in [0.15, 0.2) is 12.1 Å². The van der Waals surface area contributed by atoms with Crippen molar-refractivity contribution >= 4 is 0 Å². The van der Waals surface area contributed by atoms with E-state index in [1.807, 2.05) is 21.1 Å². The van der Waals surface area contributed by atoms with Crippen LogP contribution < -0.4 is 16.0 Å². The molecular formula is C11H25N3O2. The Morgan fingerprint density at radius 1 is 1.25 bits per heavy atom. The number of hydrogen-bond donors (Lipinski definition) is 3. The summed E-state index contributed by atoms with van der Waals surface area (Å²) in [6.45, 7) is 2.17. The third-order valence-corrected chi connectivity index (χ3v) is 3.04. The standard InChI is InChI=1S/C11H25N3O2/c1-5-6-7-10-15-9(12-2)8-11(13-3,14-4)16-10/h9-10,12-14H,5-8H2,1-4H3. The molecule has 5 heteroatoms. The molecule has 0 aliphatic carbocycles. The van der Waals surface area contributed by atoms with Gasteiger partial charge >= 0.3 is 0 Å². The SMILES string of the molecule is CCCCC1OC(NC)CC(NC)(NC)O1. The minimum absolute atomic E-state index is 0.0236. The second-order valence-corrected chi connectivity index (χ2v) is 4.13. The van der Waals surface area contributed by atoms with E-state index in [9.17, 15) is 0 Å². The number of nitrogens with one attached hydrogen (secondary N) is 3. The molecule has 16 heavy (non-hydrogen) atoms. The minimum atomic E-state index is -0.482. The Hall–Kier alpha value is -0.200. The molecule has 0 saturated carbocycles. The summed E-state index contributed by atoms with van der Waals surface area (Å²) in [6.07, 6.45) is 3.81. The average molecular weight is 231 g/mol. The summed E-state index contributed by atoms with van der Waals surface area (Å²) in [4.78, 5) is 0. The van der Waals surface area contributed by atoms with E-state index in [0.29, 0.717) is 0 Å². The zero-order valence-electron chi connectivity index (χ0n) is 10.8. The first-order valence-electron chi connectivity index (χ1n) is 6.08. The first kappa shape index (κ1) is 13.9. The van der Waals surface area contributed by atoms with Crippen LogP contribution in [0.15, 0.2) is 0 Å². The third-order valence-electron chi connectivity index (χ3n) is 3.04. The van der Waals surface area contributed by atoms with Gasteiger partial charge in [-0.1, -0.05) is 13.3 Å². The molecule has 1 fully saturated rings. The van der Waals surface area contributed by atoms with Crippen LogP contribution in [0.25, 0.3) is 0 Å². The van der Waals surface area contributed by atoms with E-state index in [-0.39, 0.29) is 12.5 Å². The van der Waals surface area contributed by atoms with Crippen molar-refractivity contribution < 1.29 is 9.47 Å². The maximum absolute atomic E-state index is 5.92. The number of hydrogen-bond acceptors (Lipinski definition) is 5. The lowest BCUT2D eigenvalue weighted by Crippen LogP contribution is -2.64. The largest absolute Gasteiger partial charge is 0.334 e. The Bertz CT molecular complexity index is 198. The number of unbranched alkanes of at least 4 members (excludes halogenated alkanes) is 1. The molecule has 3 N–H and O–H groups in total. The van der Waals surface area contributed by atoms with Crippen LogP contribution in [-0.2, 0) is 9.47 Å². The predicted octanol–water partition coefficient (Wildman–Crippen LogP) is 0.578. The molecule has 0 aromatic rings. The third kappa shape index (κ3) is 3.40. The summed E-state index contributed by atoms with van der Waals surface area (Å²) in [5, 5.41) is 9.52. The molecule has 0 bridgehead atoms. The van der Waals surface area contributed by atoms with Gasteiger partial charge in [0, 0.05) is 6.42 Å². The van der Waals surface area contributed by atoms with Crippen molar-refractivity contribution in [2.45, 2.75) is 51.0 Å². The molecule has 96 valence electrons. The van der Waals surface area contributed by atoms with Gasteiger partial charge in [-0.2, -0.15) is 0 Å². The van der Waals surface area contributed by atoms with E-state index in [2.05, 4.69) is 22.9 Å². The van der Waals surface area contributed by atoms with Crippen LogP contribution >= 0.6 is 0 Å². The molecule has 1 aliphatic rings. The zero-order chi connectivity index (χ0) is 12.0. The summed E-state index contributed by atoms with van der Waals surface area (Å²) in [5.41, 5.74) is 0. The second-order valence-electron chi connectivity index (χ2n) is 4.13. The van der Waals surface area contributed by atoms with Gasteiger partial charge in [-0.3, -0.25) is 16.0 Å². The van der Waals surface area contributed by atoms with E-state index >= 15 is 0 Å². The molecule has 0 radical (unpaired) electrons. The fourth-order valence-corrected chi connectivity index (χ4v) is 1.91. The molecule has 2 unspecified atom stereocenters. The molecule has 0 aromatic carbocycles. The van der Waals surface area contributed by atoms with Crippen molar-refractivity contribution in [2.24, 2.45) is 0 Å². The highest BCUT2D eigenvalue weighted by Crippen LogP contribution is 2.25. The van der Waals surface area contributed by atoms with Crippen LogP contribution in [0.3, 0.4) is 0 Å². The molecule has 1 aliphatic heterocycles. The Kier molecular flexibility index (Phi) is 5.64. The van der Waals surface area contributed by atoms with Crippen molar-refractivity contribution in [1.82, 2.24) is 16.0 Å². The molecule has 2 atom stereocenters. The summed E-state index contributed by atoms with van der Waals surface area (Å²) >= 11 is 0. The van der Waals surface area contributed by atoms with E-state index in [1.165, 1.54) is 0 Å². The van der Waals surface area contributed by atoms with Gasteiger partial charge in [-0.25, -0.2) is 0 Å². The monoisotopic (exact) mass is 231 g/mol. The highest BCUT2D eigenvalue weighted by molar-refractivity contribution is 4.80. The Balaban J connectivity index is 2.60. The highest BCUT2D eigenvalue weighted by Gasteiger charge is 2.39. The van der Waals surface area contributed by atoms with Gasteiger partial charge in [0.1, 0.15) is 6.23 Å². The lowest BCUT2D eigenvalue weighted by atomic mass is 10.2. The minimum Gasteiger partial charge on any atom is -0.334 e. The topological polar surface area (TPSA) is 54.5 Å². The summed E-state index contributed by atoms with van der Waals surface area (Å²) in [6, 6.07) is 0. The molecule has 0 aromatic heterocycles. The molecule has 0 spiro atoms. The van der Waals surface area contributed by atoms with Crippen LogP contribution in [0.5, 0.6) is 0 Å². The first-order chi connectivity index (χ1) is 7.69. The van der Waals surface area contributed by atoms with Crippen molar-refractivity contribution in [3.8, 4) is 0 Å². The normalized spacial score (nSPS) is 29.2. The van der Waals surface area contributed by atoms with Gasteiger partial charge in [0.25, 0.3) is 0 Å². The predicted molar refractivity (Wildman–Crippen MR) is 63.8 cm³/mol. The molecule has 5 nitrogen and oxygen atoms in total. The van der Waals surface area contributed by atoms with Gasteiger partial charge in [-0.15, -0.1) is 0 Å². The van der Waals surface area contributed by atoms with Crippen LogP contribution in [0, 0.1) is 0 Å². The first-order valence-corrected chi connectivity index (χ1v) is 6.08. The van der Waals surface area contributed by atoms with Crippen molar-refractivity contribution in [3.05, 3.63) is 0 Å². The number of ether oxygens (including phenoxy) is 2. The zero-order valence-corrected chi connectivity index (χ0v) is 10.8. The van der Waals surface area contributed by atoms with Crippen LogP contribution in [-0.4, -0.2) is 39.5 Å². The molecule has 1 heterocycles. The van der Waals surface area contributed by atoms with E-state index in [4.69, 9.17) is 9.47 Å². The van der Waals surface area contributed by atoms with E-state index < -0.39 is 5.85 Å². The van der Waals surface area contributed by atoms with Crippen LogP contribution in [0.4, 0.5) is 0 Å². The van der Waals surface area contributed by atoms with Gasteiger partial charge in [0.2, 0.25) is 0 Å². The van der Waals surface area contributed by atoms with Gasteiger partial charge in [-0.05, 0) is 34.0 Å². The highest BCUT2D eigenvalue weighted by atomic mass is 16.7. The Labute approximate surface area is 98.3 Å². The summed E-state index contributed by atoms with van der Waals surface area (Å²) < 4.78 is 11.7. The summed E-state index contributed by atoms with van der Waals surface area (Å²) in [5.74, 6) is -0.482. The fraction of sp³-hybridized carbons (Fsp3) is 1.00. The fourth-order valence-electron chi connectivity index (χ4n) is 1.91. The van der Waals surface area contributed by atoms with E-state index in [1.54, 1.807) is 0 Å². The molecule has 0 amide bonds. The lowest BCUT2D eigenvalue weighted by Gasteiger charge is -2.44. The van der Waals surface area contributed by atoms with Crippen molar-refractivity contribution in [1.29, 1.82) is 0 Å². The molecular weight excluding hydrogens is 206 g/mol. The number of rotatable bonds is 6. The van der Waals surface area contributed by atoms with Gasteiger partial charge < -0.3 is 9.47 Å². The van der Waals surface area contributed by atoms with Crippen molar-refractivity contribution in [2.75, 3.05) is 21.1 Å². The maximum Gasteiger partial charge on any atom is 0.181 e. The van der Waals surface area contributed by atoms with E-state index in [0.717, 1.165) is 25.7 Å². The second kappa shape index (κ2) is 6.51. The lowest BCUT2D eigenvalue weighted by molar-refractivity contribution is -0.304. The van der Waals surface area contributed by atoms with Crippen LogP contribution in [0.1, 0.15) is 32.6 Å². The van der Waals surface area contributed by atoms with Crippen LogP contribution in [0.2, 0.25) is 0 Å². The molecule has 1 saturated heterocycles. The maximum atomic E-state index is 5.92. The van der Waals surface area contributed by atoms with Crippen molar-refractivity contribution in [3.63, 3.8) is 0 Å². The Morgan fingerprint density at radius 2 is 1.94 bits per heavy atom. The van der Waals surface area contributed by atoms with Gasteiger partial charge in [0.05, 0.1) is 0 Å². The Morgan fingerprint density at radius 3 is 2.44 bits per heavy atom. The molecule has 1 rings (SSSR count). The smallest absolute Gasteiger partial charge is 0.181 e. The quantitative estimate of drug-likeness (QED) is 0.584. The average Bonchev–Trinajstić information content (AvgIpc) is 2.35.